The number of benzene rings is 1. The molecule has 1 heterocycles. The van der Waals surface area contributed by atoms with Crippen LogP contribution in [0, 0.1) is 17.6 Å². The van der Waals surface area contributed by atoms with E-state index in [1.165, 1.54) is 6.07 Å². The van der Waals surface area contributed by atoms with Gasteiger partial charge in [-0.3, -0.25) is 4.79 Å². The van der Waals surface area contributed by atoms with Crippen LogP contribution in [0.15, 0.2) is 36.5 Å². The number of rotatable bonds is 2. The average molecular weight is 252 g/mol. The van der Waals surface area contributed by atoms with Gasteiger partial charge in [0.05, 0.1) is 17.4 Å². The van der Waals surface area contributed by atoms with Crippen LogP contribution in [0.25, 0.3) is 0 Å². The predicted octanol–water partition coefficient (Wildman–Crippen LogP) is 2.75. The molecule has 2 aromatic rings. The lowest BCUT2D eigenvalue weighted by molar-refractivity contribution is 0.102. The van der Waals surface area contributed by atoms with Crippen LogP contribution in [0.3, 0.4) is 0 Å². The van der Waals surface area contributed by atoms with Crippen molar-refractivity contribution in [1.82, 2.24) is 4.98 Å². The molecule has 0 unspecified atom stereocenters. The molecule has 92 valence electrons. The number of anilines is 1. The maximum atomic E-state index is 13.3. The van der Waals surface area contributed by atoms with Crippen LogP contribution in [-0.2, 0) is 0 Å². The molecule has 3 nitrogen and oxygen atoms in total. The van der Waals surface area contributed by atoms with Gasteiger partial charge in [0, 0.05) is 0 Å². The second-order valence-electron chi connectivity index (χ2n) is 3.45. The first-order chi connectivity index (χ1) is 8.56. The molecule has 1 aromatic carbocycles. The predicted molar refractivity (Wildman–Crippen MR) is 58.5 cm³/mol. The Morgan fingerprint density at radius 1 is 1.11 bits per heavy atom. The maximum absolute atomic E-state index is 13.3. The number of nitrogens with zero attached hydrogens (tertiary/aromatic N) is 1. The number of amides is 1. The number of hydrogen-bond acceptors (Lipinski definition) is 2. The molecular formula is C12H7F3N2O. The first kappa shape index (κ1) is 12.1. The molecular weight excluding hydrogens is 245 g/mol. The van der Waals surface area contributed by atoms with Crippen LogP contribution in [0.2, 0.25) is 0 Å². The number of hydrogen-bond donors (Lipinski definition) is 1. The van der Waals surface area contributed by atoms with Gasteiger partial charge >= 0.3 is 0 Å². The first-order valence-electron chi connectivity index (χ1n) is 4.94. The van der Waals surface area contributed by atoms with Gasteiger partial charge in [-0.2, -0.15) is 4.39 Å². The normalized spacial score (nSPS) is 10.2. The summed E-state index contributed by atoms with van der Waals surface area (Å²) >= 11 is 0. The molecule has 0 saturated carbocycles. The van der Waals surface area contributed by atoms with Crippen LogP contribution >= 0.6 is 0 Å². The molecule has 0 aliphatic rings. The summed E-state index contributed by atoms with van der Waals surface area (Å²) in [5.41, 5.74) is -0.246. The van der Waals surface area contributed by atoms with Crippen molar-refractivity contribution in [2.24, 2.45) is 0 Å². The van der Waals surface area contributed by atoms with Crippen molar-refractivity contribution in [2.75, 3.05) is 5.32 Å². The van der Waals surface area contributed by atoms with Crippen molar-refractivity contribution < 1.29 is 18.0 Å². The Morgan fingerprint density at radius 2 is 1.89 bits per heavy atom. The monoisotopic (exact) mass is 252 g/mol. The quantitative estimate of drug-likeness (QED) is 0.835. The molecule has 0 aliphatic heterocycles. The van der Waals surface area contributed by atoms with E-state index in [1.54, 1.807) is 0 Å². The van der Waals surface area contributed by atoms with Crippen LogP contribution in [0.1, 0.15) is 10.4 Å². The van der Waals surface area contributed by atoms with Gasteiger partial charge in [-0.15, -0.1) is 0 Å². The highest BCUT2D eigenvalue weighted by atomic mass is 19.1. The Hall–Kier alpha value is -2.37. The second-order valence-corrected chi connectivity index (χ2v) is 3.45. The molecule has 0 radical (unpaired) electrons. The van der Waals surface area contributed by atoms with Gasteiger partial charge in [-0.25, -0.2) is 13.8 Å². The zero-order valence-corrected chi connectivity index (χ0v) is 8.95. The fourth-order valence-electron chi connectivity index (χ4n) is 1.32. The van der Waals surface area contributed by atoms with E-state index in [-0.39, 0.29) is 5.69 Å². The van der Waals surface area contributed by atoms with E-state index in [4.69, 9.17) is 0 Å². The van der Waals surface area contributed by atoms with E-state index in [1.807, 2.05) is 0 Å². The summed E-state index contributed by atoms with van der Waals surface area (Å²) in [5, 5.41) is 2.28. The van der Waals surface area contributed by atoms with Crippen molar-refractivity contribution in [3.63, 3.8) is 0 Å². The third kappa shape index (κ3) is 2.65. The molecule has 6 heteroatoms. The van der Waals surface area contributed by atoms with E-state index in [2.05, 4.69) is 10.3 Å². The van der Waals surface area contributed by atoms with E-state index < -0.39 is 29.1 Å². The Labute approximate surface area is 100 Å². The third-order valence-corrected chi connectivity index (χ3v) is 2.16. The number of halogens is 3. The first-order valence-corrected chi connectivity index (χ1v) is 4.94. The number of carbonyl (C=O) groups is 1. The summed E-state index contributed by atoms with van der Waals surface area (Å²) in [4.78, 5) is 14.9. The number of aromatic nitrogens is 1. The van der Waals surface area contributed by atoms with Crippen molar-refractivity contribution in [1.29, 1.82) is 0 Å². The molecule has 1 N–H and O–H groups in total. The molecule has 18 heavy (non-hydrogen) atoms. The molecule has 0 fully saturated rings. The average Bonchev–Trinajstić information content (AvgIpc) is 2.35. The largest absolute Gasteiger partial charge is 0.320 e. The minimum absolute atomic E-state index is 0.185. The Kier molecular flexibility index (Phi) is 3.27. The minimum Gasteiger partial charge on any atom is -0.320 e. The summed E-state index contributed by atoms with van der Waals surface area (Å²) in [6, 6.07) is 4.84. The topological polar surface area (TPSA) is 42.0 Å². The summed E-state index contributed by atoms with van der Waals surface area (Å²) in [6.45, 7) is 0. The standard InChI is InChI=1S/C12H7F3N2O/c13-7-1-3-10(14)9(5-7)12(18)17-8-2-4-11(15)16-6-8/h1-6H,(H,17,18). The summed E-state index contributed by atoms with van der Waals surface area (Å²) in [6.07, 6.45) is 1.07. The highest BCUT2D eigenvalue weighted by Crippen LogP contribution is 2.13. The molecule has 1 aromatic heterocycles. The van der Waals surface area contributed by atoms with Gasteiger partial charge in [0.15, 0.2) is 0 Å². The molecule has 1 amide bonds. The van der Waals surface area contributed by atoms with Gasteiger partial charge in [-0.05, 0) is 30.3 Å². The van der Waals surface area contributed by atoms with E-state index in [0.717, 1.165) is 30.5 Å². The number of nitrogens with one attached hydrogen (secondary N) is 1. The van der Waals surface area contributed by atoms with Crippen molar-refractivity contribution >= 4 is 11.6 Å². The molecule has 0 bridgehead atoms. The smallest absolute Gasteiger partial charge is 0.258 e. The van der Waals surface area contributed by atoms with Crippen LogP contribution in [0.5, 0.6) is 0 Å². The van der Waals surface area contributed by atoms with Gasteiger partial charge in [0.2, 0.25) is 5.95 Å². The maximum Gasteiger partial charge on any atom is 0.258 e. The van der Waals surface area contributed by atoms with Gasteiger partial charge in [0.25, 0.3) is 5.91 Å². The SMILES string of the molecule is O=C(Nc1ccc(F)nc1)c1cc(F)ccc1F. The Morgan fingerprint density at radius 3 is 2.56 bits per heavy atom. The highest BCUT2D eigenvalue weighted by molar-refractivity contribution is 6.04. The van der Waals surface area contributed by atoms with Crippen LogP contribution in [0.4, 0.5) is 18.9 Å². The fraction of sp³-hybridized carbons (Fsp3) is 0. The molecule has 2 rings (SSSR count). The van der Waals surface area contributed by atoms with Crippen LogP contribution in [-0.4, -0.2) is 10.9 Å². The zero-order chi connectivity index (χ0) is 13.1. The Balaban J connectivity index is 2.21. The summed E-state index contributed by atoms with van der Waals surface area (Å²) in [7, 11) is 0. The lowest BCUT2D eigenvalue weighted by atomic mass is 10.2. The molecule has 0 aliphatic carbocycles. The van der Waals surface area contributed by atoms with E-state index in [9.17, 15) is 18.0 Å². The number of pyridine rings is 1. The highest BCUT2D eigenvalue weighted by Gasteiger charge is 2.13. The fourth-order valence-corrected chi connectivity index (χ4v) is 1.32. The second kappa shape index (κ2) is 4.87. The number of carbonyl (C=O) groups excluding carboxylic acids is 1. The minimum atomic E-state index is -0.844. The molecule has 0 atom stereocenters. The Bertz CT molecular complexity index is 584. The zero-order valence-electron chi connectivity index (χ0n) is 8.95. The van der Waals surface area contributed by atoms with Crippen molar-refractivity contribution in [3.05, 3.63) is 59.7 Å². The third-order valence-electron chi connectivity index (χ3n) is 2.16. The summed E-state index contributed by atoms with van der Waals surface area (Å²) < 4.78 is 38.7. The molecule has 0 saturated heterocycles. The van der Waals surface area contributed by atoms with E-state index >= 15 is 0 Å². The summed E-state index contributed by atoms with van der Waals surface area (Å²) in [5.74, 6) is -3.10. The van der Waals surface area contributed by atoms with Crippen molar-refractivity contribution in [3.8, 4) is 0 Å². The van der Waals surface area contributed by atoms with Crippen LogP contribution < -0.4 is 5.32 Å². The molecule has 0 spiro atoms. The van der Waals surface area contributed by atoms with E-state index in [0.29, 0.717) is 0 Å². The lowest BCUT2D eigenvalue weighted by Gasteiger charge is -2.05. The van der Waals surface area contributed by atoms with Gasteiger partial charge in [0.1, 0.15) is 11.6 Å². The van der Waals surface area contributed by atoms with Gasteiger partial charge in [-0.1, -0.05) is 0 Å². The van der Waals surface area contributed by atoms with Gasteiger partial charge < -0.3 is 5.32 Å². The van der Waals surface area contributed by atoms with Crippen molar-refractivity contribution in [2.45, 2.75) is 0 Å². The lowest BCUT2D eigenvalue weighted by Crippen LogP contribution is -2.14.